The number of carbonyl (C=O) groups excluding carboxylic acids is 4. The number of fused-ring (bicyclic) bond motifs is 1. The number of hydrogen-bond acceptors (Lipinski definition) is 6. The summed E-state index contributed by atoms with van der Waals surface area (Å²) in [4.78, 5) is 54.2. The third-order valence-electron chi connectivity index (χ3n) is 7.25. The molecule has 1 aliphatic carbocycles. The lowest BCUT2D eigenvalue weighted by Gasteiger charge is -2.28. The van der Waals surface area contributed by atoms with Crippen molar-refractivity contribution in [1.29, 1.82) is 0 Å². The number of ether oxygens (including phenoxy) is 1. The molecule has 196 valence electrons. The Morgan fingerprint density at radius 2 is 1.89 bits per heavy atom. The van der Waals surface area contributed by atoms with E-state index in [1.807, 2.05) is 29.0 Å². The number of aryl methyl sites for hydroxylation is 1. The van der Waals surface area contributed by atoms with Crippen LogP contribution in [0.5, 0.6) is 0 Å². The van der Waals surface area contributed by atoms with Gasteiger partial charge in [-0.1, -0.05) is 38.0 Å². The van der Waals surface area contributed by atoms with Crippen LogP contribution in [0.25, 0.3) is 17.0 Å². The summed E-state index contributed by atoms with van der Waals surface area (Å²) in [6.45, 7) is 3.81. The topological polar surface area (TPSA) is 101 Å². The molecule has 1 N–H and O–H groups in total. The summed E-state index contributed by atoms with van der Waals surface area (Å²) in [7, 11) is 0. The van der Waals surface area contributed by atoms with Gasteiger partial charge in [0.25, 0.3) is 11.1 Å². The van der Waals surface area contributed by atoms with Gasteiger partial charge in [-0.2, -0.15) is 0 Å². The van der Waals surface area contributed by atoms with Gasteiger partial charge in [0.2, 0.25) is 11.8 Å². The normalized spacial score (nSPS) is 20.0. The van der Waals surface area contributed by atoms with Crippen molar-refractivity contribution in [3.8, 4) is 0 Å². The Labute approximate surface area is 220 Å². The highest BCUT2D eigenvalue weighted by atomic mass is 32.2. The number of imide groups is 1. The summed E-state index contributed by atoms with van der Waals surface area (Å²) in [5, 5.41) is 3.62. The molecule has 37 heavy (non-hydrogen) atoms. The monoisotopic (exact) mass is 524 g/mol. The van der Waals surface area contributed by atoms with Crippen molar-refractivity contribution >= 4 is 51.7 Å². The zero-order valence-electron chi connectivity index (χ0n) is 21.0. The number of aromatic nitrogens is 1. The second-order valence-electron chi connectivity index (χ2n) is 9.69. The maximum atomic E-state index is 13.1. The van der Waals surface area contributed by atoms with Gasteiger partial charge in [0.1, 0.15) is 13.1 Å². The van der Waals surface area contributed by atoms with E-state index >= 15 is 0 Å². The van der Waals surface area contributed by atoms with Crippen LogP contribution in [0, 0.1) is 0 Å². The van der Waals surface area contributed by atoms with Gasteiger partial charge in [-0.05, 0) is 42.7 Å². The molecule has 0 bridgehead atoms. The standard InChI is InChI=1S/C27H32N4O5S/c1-2-18-6-5-9-21-19(15-30(25(18)21)16-23(32)28-20-7-3-4-8-20)14-22-26(34)31(27(35)37-22)17-24(33)29-10-12-36-13-11-29/h5-6,9,14-15,20H,2-4,7-8,10-13,16-17H2,1H3,(H,28,32)/b22-14-. The predicted molar refractivity (Wildman–Crippen MR) is 142 cm³/mol. The van der Waals surface area contributed by atoms with Crippen LogP contribution in [0.3, 0.4) is 0 Å². The minimum absolute atomic E-state index is 0.0248. The Morgan fingerprint density at radius 1 is 1.14 bits per heavy atom. The van der Waals surface area contributed by atoms with Crippen LogP contribution >= 0.6 is 11.8 Å². The number of thioether (sulfide) groups is 1. The fraction of sp³-hybridized carbons (Fsp3) is 0.481. The van der Waals surface area contributed by atoms with Crippen molar-refractivity contribution in [1.82, 2.24) is 19.7 Å². The van der Waals surface area contributed by atoms with Gasteiger partial charge in [-0.15, -0.1) is 0 Å². The first kappa shape index (κ1) is 25.5. The molecule has 9 nitrogen and oxygen atoms in total. The Balaban J connectivity index is 1.39. The first-order valence-corrected chi connectivity index (χ1v) is 13.8. The Bertz CT molecular complexity index is 1260. The molecular formula is C27H32N4O5S. The number of hydrogen-bond donors (Lipinski definition) is 1. The third-order valence-corrected chi connectivity index (χ3v) is 8.15. The van der Waals surface area contributed by atoms with Crippen LogP contribution < -0.4 is 5.32 Å². The largest absolute Gasteiger partial charge is 0.378 e. The minimum Gasteiger partial charge on any atom is -0.378 e. The summed E-state index contributed by atoms with van der Waals surface area (Å²) >= 11 is 0.843. The lowest BCUT2D eigenvalue weighted by atomic mass is 10.1. The van der Waals surface area contributed by atoms with Crippen LogP contribution in [-0.2, 0) is 32.1 Å². The summed E-state index contributed by atoms with van der Waals surface area (Å²) in [5.41, 5.74) is 2.83. The maximum Gasteiger partial charge on any atom is 0.294 e. The van der Waals surface area contributed by atoms with Crippen molar-refractivity contribution < 1.29 is 23.9 Å². The smallest absolute Gasteiger partial charge is 0.294 e. The quantitative estimate of drug-likeness (QED) is 0.559. The SMILES string of the molecule is CCc1cccc2c(/C=C3\SC(=O)N(CC(=O)N4CCOCC4)C3=O)cn(CC(=O)NC3CCCC3)c12. The molecule has 1 aromatic heterocycles. The Morgan fingerprint density at radius 3 is 2.62 bits per heavy atom. The van der Waals surface area contributed by atoms with E-state index < -0.39 is 11.1 Å². The van der Waals surface area contributed by atoms with Crippen LogP contribution in [0.4, 0.5) is 4.79 Å². The number of para-hydroxylation sites is 1. The number of nitrogens with one attached hydrogen (secondary N) is 1. The average molecular weight is 525 g/mol. The first-order valence-electron chi connectivity index (χ1n) is 13.0. The summed E-state index contributed by atoms with van der Waals surface area (Å²) in [6.07, 6.45) is 8.72. The van der Waals surface area contributed by atoms with E-state index in [1.165, 1.54) is 0 Å². The van der Waals surface area contributed by atoms with E-state index in [0.29, 0.717) is 26.3 Å². The highest BCUT2D eigenvalue weighted by Gasteiger charge is 2.37. The fourth-order valence-corrected chi connectivity index (χ4v) is 6.14. The van der Waals surface area contributed by atoms with Gasteiger partial charge in [0, 0.05) is 36.3 Å². The predicted octanol–water partition coefficient (Wildman–Crippen LogP) is 3.16. The molecule has 3 heterocycles. The van der Waals surface area contributed by atoms with Gasteiger partial charge in [0.05, 0.1) is 23.6 Å². The molecular weight excluding hydrogens is 492 g/mol. The van der Waals surface area contributed by atoms with E-state index in [2.05, 4.69) is 12.2 Å². The van der Waals surface area contributed by atoms with Gasteiger partial charge in [-0.3, -0.25) is 24.1 Å². The molecule has 0 atom stereocenters. The number of benzene rings is 1. The van der Waals surface area contributed by atoms with Crippen molar-refractivity contribution in [3.63, 3.8) is 0 Å². The molecule has 3 aliphatic rings. The highest BCUT2D eigenvalue weighted by Crippen LogP contribution is 2.35. The first-order chi connectivity index (χ1) is 17.9. The molecule has 3 fully saturated rings. The zero-order chi connectivity index (χ0) is 25.9. The molecule has 0 spiro atoms. The molecule has 1 aromatic carbocycles. The van der Waals surface area contributed by atoms with E-state index in [9.17, 15) is 19.2 Å². The van der Waals surface area contributed by atoms with Gasteiger partial charge >= 0.3 is 0 Å². The fourth-order valence-electron chi connectivity index (χ4n) is 5.31. The molecule has 10 heteroatoms. The molecule has 2 aliphatic heterocycles. The number of carbonyl (C=O) groups is 4. The third kappa shape index (κ3) is 5.45. The van der Waals surface area contributed by atoms with Crippen LogP contribution in [0.15, 0.2) is 29.3 Å². The Hall–Kier alpha value is -3.11. The maximum absolute atomic E-state index is 13.1. The molecule has 5 rings (SSSR count). The van der Waals surface area contributed by atoms with E-state index in [-0.39, 0.29) is 35.9 Å². The number of morpholine rings is 1. The van der Waals surface area contributed by atoms with Gasteiger partial charge in [0.15, 0.2) is 0 Å². The molecule has 4 amide bonds. The minimum atomic E-state index is -0.469. The highest BCUT2D eigenvalue weighted by molar-refractivity contribution is 8.18. The van der Waals surface area contributed by atoms with Crippen LogP contribution in [0.1, 0.15) is 43.7 Å². The zero-order valence-corrected chi connectivity index (χ0v) is 21.8. The molecule has 0 unspecified atom stereocenters. The van der Waals surface area contributed by atoms with Crippen LogP contribution in [-0.4, -0.2) is 76.2 Å². The summed E-state index contributed by atoms with van der Waals surface area (Å²) in [6, 6.07) is 6.22. The van der Waals surface area contributed by atoms with Crippen molar-refractivity contribution in [3.05, 3.63) is 40.4 Å². The van der Waals surface area contributed by atoms with E-state index in [1.54, 1.807) is 11.0 Å². The number of rotatable bonds is 7. The molecule has 2 saturated heterocycles. The van der Waals surface area contributed by atoms with Gasteiger partial charge < -0.3 is 19.5 Å². The van der Waals surface area contributed by atoms with Crippen LogP contribution in [0.2, 0.25) is 0 Å². The molecule has 2 aromatic rings. The summed E-state index contributed by atoms with van der Waals surface area (Å²) < 4.78 is 7.22. The number of amides is 4. The van der Waals surface area contributed by atoms with E-state index in [0.717, 1.165) is 70.8 Å². The Kier molecular flexibility index (Phi) is 7.66. The van der Waals surface area contributed by atoms with Gasteiger partial charge in [-0.25, -0.2) is 0 Å². The average Bonchev–Trinajstić information content (AvgIpc) is 3.60. The van der Waals surface area contributed by atoms with Crippen molar-refractivity contribution in [2.24, 2.45) is 0 Å². The lowest BCUT2D eigenvalue weighted by Crippen LogP contribution is -2.46. The summed E-state index contributed by atoms with van der Waals surface area (Å²) in [5.74, 6) is -0.754. The molecule has 0 radical (unpaired) electrons. The number of nitrogens with zero attached hydrogens (tertiary/aromatic N) is 3. The van der Waals surface area contributed by atoms with E-state index in [4.69, 9.17) is 4.74 Å². The second kappa shape index (κ2) is 11.1. The molecule has 1 saturated carbocycles. The van der Waals surface area contributed by atoms with Crippen molar-refractivity contribution in [2.45, 2.75) is 51.6 Å². The lowest BCUT2D eigenvalue weighted by molar-refractivity contribution is -0.139. The van der Waals surface area contributed by atoms with Crippen molar-refractivity contribution in [2.75, 3.05) is 32.8 Å². The second-order valence-corrected chi connectivity index (χ2v) is 10.7.